The van der Waals surface area contributed by atoms with Crippen LogP contribution in [0, 0.1) is 0 Å². The maximum Gasteiger partial charge on any atom is 0.328 e. The molecule has 0 aliphatic rings. The van der Waals surface area contributed by atoms with E-state index in [1.807, 2.05) is 0 Å². The summed E-state index contributed by atoms with van der Waals surface area (Å²) in [4.78, 5) is 36.2. The Morgan fingerprint density at radius 2 is 1.89 bits per heavy atom. The molecule has 0 unspecified atom stereocenters. The van der Waals surface area contributed by atoms with Gasteiger partial charge in [0.15, 0.2) is 0 Å². The Kier molecular flexibility index (Phi) is 7.34. The highest BCUT2D eigenvalue weighted by molar-refractivity contribution is 5.98. The first kappa shape index (κ1) is 16.1. The van der Waals surface area contributed by atoms with Crippen molar-refractivity contribution in [3.63, 3.8) is 0 Å². The van der Waals surface area contributed by atoms with E-state index in [0.29, 0.717) is 5.71 Å². The molecular weight excluding hydrogens is 242 g/mol. The van der Waals surface area contributed by atoms with Crippen LogP contribution in [0.5, 0.6) is 0 Å². The highest BCUT2D eigenvalue weighted by Gasteiger charge is 2.18. The van der Waals surface area contributed by atoms with E-state index in [1.165, 1.54) is 6.92 Å². The Balaban J connectivity index is 4.48. The molecule has 0 saturated carbocycles. The van der Waals surface area contributed by atoms with Crippen molar-refractivity contribution in [2.45, 2.75) is 39.2 Å². The Hall–Kier alpha value is -1.92. The quantitative estimate of drug-likeness (QED) is 0.490. The number of carbonyl (C=O) groups excluding carboxylic acids is 1. The predicted octanol–water partition coefficient (Wildman–Crippen LogP) is 0.718. The number of ether oxygens (including phenoxy) is 1. The van der Waals surface area contributed by atoms with Crippen molar-refractivity contribution < 1.29 is 29.3 Å². The summed E-state index contributed by atoms with van der Waals surface area (Å²) in [5, 5.41) is 17.3. The van der Waals surface area contributed by atoms with Crippen LogP contribution >= 0.6 is 0 Å². The van der Waals surface area contributed by atoms with Crippen molar-refractivity contribution in [1.29, 1.82) is 0 Å². The molecular formula is C11H17NO6. The van der Waals surface area contributed by atoms with Crippen molar-refractivity contribution in [3.05, 3.63) is 0 Å². The van der Waals surface area contributed by atoms with E-state index in [4.69, 9.17) is 14.9 Å². The van der Waals surface area contributed by atoms with Crippen molar-refractivity contribution in [2.24, 2.45) is 4.99 Å². The van der Waals surface area contributed by atoms with Gasteiger partial charge in [-0.3, -0.25) is 14.6 Å². The maximum atomic E-state index is 11.1. The second-order valence-corrected chi connectivity index (χ2v) is 3.63. The number of hydrogen-bond donors (Lipinski definition) is 2. The van der Waals surface area contributed by atoms with Crippen LogP contribution in [-0.2, 0) is 19.1 Å². The van der Waals surface area contributed by atoms with Gasteiger partial charge >= 0.3 is 17.9 Å². The molecule has 7 nitrogen and oxygen atoms in total. The number of hydrogen-bond acceptors (Lipinski definition) is 5. The van der Waals surface area contributed by atoms with Gasteiger partial charge in [0.05, 0.1) is 13.0 Å². The van der Waals surface area contributed by atoms with Crippen LogP contribution < -0.4 is 0 Å². The minimum Gasteiger partial charge on any atom is -0.481 e. The Morgan fingerprint density at radius 3 is 2.33 bits per heavy atom. The number of carbonyl (C=O) groups is 3. The fourth-order valence-corrected chi connectivity index (χ4v) is 1.24. The summed E-state index contributed by atoms with van der Waals surface area (Å²) in [6, 6.07) is -1.14. The van der Waals surface area contributed by atoms with E-state index >= 15 is 0 Å². The molecule has 0 aromatic rings. The normalized spacial score (nSPS) is 12.9. The van der Waals surface area contributed by atoms with Crippen molar-refractivity contribution in [1.82, 2.24) is 0 Å². The number of rotatable bonds is 8. The molecule has 0 aliphatic heterocycles. The van der Waals surface area contributed by atoms with Gasteiger partial charge in [-0.05, 0) is 20.3 Å². The molecule has 2 N–H and O–H groups in total. The first-order chi connectivity index (χ1) is 8.36. The van der Waals surface area contributed by atoms with Gasteiger partial charge in [-0.15, -0.1) is 0 Å². The molecule has 0 radical (unpaired) electrons. The first-order valence-corrected chi connectivity index (χ1v) is 5.50. The van der Waals surface area contributed by atoms with Gasteiger partial charge in [0.1, 0.15) is 6.04 Å². The molecule has 0 aliphatic carbocycles. The van der Waals surface area contributed by atoms with Crippen LogP contribution in [0.1, 0.15) is 33.1 Å². The predicted molar refractivity (Wildman–Crippen MR) is 62.7 cm³/mol. The second-order valence-electron chi connectivity index (χ2n) is 3.63. The molecule has 0 saturated heterocycles. The molecule has 0 fully saturated rings. The summed E-state index contributed by atoms with van der Waals surface area (Å²) >= 11 is 0. The smallest absolute Gasteiger partial charge is 0.328 e. The van der Waals surface area contributed by atoms with Crippen LogP contribution in [0.3, 0.4) is 0 Å². The average molecular weight is 259 g/mol. The van der Waals surface area contributed by atoms with Gasteiger partial charge in [0.25, 0.3) is 0 Å². The van der Waals surface area contributed by atoms with Crippen LogP contribution in [-0.4, -0.2) is 46.5 Å². The van der Waals surface area contributed by atoms with Gasteiger partial charge in [-0.1, -0.05) is 0 Å². The number of aliphatic carboxylic acids is 2. The molecule has 0 amide bonds. The molecule has 0 aromatic carbocycles. The second kappa shape index (κ2) is 8.21. The lowest BCUT2D eigenvalue weighted by molar-refractivity contribution is -0.142. The molecule has 0 heterocycles. The lowest BCUT2D eigenvalue weighted by atomic mass is 10.1. The van der Waals surface area contributed by atoms with Gasteiger partial charge in [-0.25, -0.2) is 4.79 Å². The summed E-state index contributed by atoms with van der Waals surface area (Å²) in [5.74, 6) is -2.78. The van der Waals surface area contributed by atoms with Gasteiger partial charge in [0.2, 0.25) is 0 Å². The van der Waals surface area contributed by atoms with Crippen molar-refractivity contribution >= 4 is 23.6 Å². The molecule has 102 valence electrons. The van der Waals surface area contributed by atoms with E-state index in [2.05, 4.69) is 4.99 Å². The maximum absolute atomic E-state index is 11.1. The van der Waals surface area contributed by atoms with Crippen LogP contribution in [0.25, 0.3) is 0 Å². The number of carboxylic acid groups (broad SMARTS) is 2. The van der Waals surface area contributed by atoms with E-state index in [1.54, 1.807) is 6.92 Å². The summed E-state index contributed by atoms with van der Waals surface area (Å²) in [6.07, 6.45) is -0.483. The highest BCUT2D eigenvalue weighted by Crippen LogP contribution is 2.05. The highest BCUT2D eigenvalue weighted by atomic mass is 16.5. The third-order valence-electron chi connectivity index (χ3n) is 2.00. The minimum absolute atomic E-state index is 0.0926. The number of carboxylic acids is 2. The fourth-order valence-electron chi connectivity index (χ4n) is 1.24. The molecule has 7 heteroatoms. The Bertz CT molecular complexity index is 349. The lowest BCUT2D eigenvalue weighted by Gasteiger charge is -2.08. The van der Waals surface area contributed by atoms with Crippen LogP contribution in [0.2, 0.25) is 0 Å². The minimum atomic E-state index is -1.21. The van der Waals surface area contributed by atoms with Crippen molar-refractivity contribution in [2.75, 3.05) is 6.61 Å². The molecule has 0 spiro atoms. The first-order valence-electron chi connectivity index (χ1n) is 5.50. The SMILES string of the molecule is CCOC(=O)CC(C)=N[C@@H](CCC(=O)O)C(=O)O. The topological polar surface area (TPSA) is 113 Å². The van der Waals surface area contributed by atoms with Crippen LogP contribution in [0.15, 0.2) is 4.99 Å². The average Bonchev–Trinajstić information content (AvgIpc) is 2.23. The molecule has 18 heavy (non-hydrogen) atoms. The Labute approximate surface area is 104 Å². The van der Waals surface area contributed by atoms with Gasteiger partial charge in [0, 0.05) is 12.1 Å². The van der Waals surface area contributed by atoms with E-state index < -0.39 is 23.9 Å². The van der Waals surface area contributed by atoms with Gasteiger partial charge < -0.3 is 14.9 Å². The standard InChI is InChI=1S/C11H17NO6/c1-3-18-10(15)6-7(2)12-8(11(16)17)4-5-9(13)14/h8H,3-6H2,1-2H3,(H,13,14)(H,16,17)/t8-/m0/s1. The van der Waals surface area contributed by atoms with Gasteiger partial charge in [-0.2, -0.15) is 0 Å². The third kappa shape index (κ3) is 7.37. The zero-order valence-electron chi connectivity index (χ0n) is 10.4. The van der Waals surface area contributed by atoms with Crippen LogP contribution in [0.4, 0.5) is 0 Å². The summed E-state index contributed by atoms with van der Waals surface area (Å²) in [5.41, 5.74) is 0.311. The number of esters is 1. The fraction of sp³-hybridized carbons (Fsp3) is 0.636. The molecule has 0 rings (SSSR count). The Morgan fingerprint density at radius 1 is 1.28 bits per heavy atom. The summed E-state index contributed by atoms with van der Waals surface area (Å²) < 4.78 is 4.69. The zero-order valence-corrected chi connectivity index (χ0v) is 10.4. The largest absolute Gasteiger partial charge is 0.481 e. The summed E-state index contributed by atoms with van der Waals surface area (Å²) in [7, 11) is 0. The molecule has 0 bridgehead atoms. The zero-order chi connectivity index (χ0) is 14.1. The molecule has 1 atom stereocenters. The van der Waals surface area contributed by atoms with E-state index in [0.717, 1.165) is 0 Å². The summed E-state index contributed by atoms with van der Waals surface area (Å²) in [6.45, 7) is 3.42. The lowest BCUT2D eigenvalue weighted by Crippen LogP contribution is -2.21. The third-order valence-corrected chi connectivity index (χ3v) is 2.00. The van der Waals surface area contributed by atoms with E-state index in [9.17, 15) is 14.4 Å². The van der Waals surface area contributed by atoms with Crippen molar-refractivity contribution in [3.8, 4) is 0 Å². The number of aliphatic imine (C=N–C) groups is 1. The molecule has 0 aromatic heterocycles. The monoisotopic (exact) mass is 259 g/mol. The van der Waals surface area contributed by atoms with E-state index in [-0.39, 0.29) is 25.9 Å². The number of nitrogens with zero attached hydrogens (tertiary/aromatic N) is 1.